The predicted octanol–water partition coefficient (Wildman–Crippen LogP) is 4.94. The molecule has 2 aromatic rings. The summed E-state index contributed by atoms with van der Waals surface area (Å²) in [5.74, 6) is 0.486. The van der Waals surface area contributed by atoms with Crippen molar-refractivity contribution in [1.82, 2.24) is 0 Å². The van der Waals surface area contributed by atoms with Gasteiger partial charge >= 0.3 is 0 Å². The number of ketones is 1. The lowest BCUT2D eigenvalue weighted by Gasteiger charge is -2.08. The number of rotatable bonds is 6. The van der Waals surface area contributed by atoms with Gasteiger partial charge in [0.2, 0.25) is 0 Å². The monoisotopic (exact) mass is 350 g/mol. The standard InChI is InChI=1S/C17H16BrFO2/c1-12-11-15(19)8-9-17(12)21-10-2-3-16(20)13-4-6-14(18)7-5-13/h4-9,11H,2-3,10H2,1H3. The number of hydrogen-bond acceptors (Lipinski definition) is 2. The summed E-state index contributed by atoms with van der Waals surface area (Å²) in [6, 6.07) is 11.7. The third-order valence-corrected chi connectivity index (χ3v) is 3.64. The van der Waals surface area contributed by atoms with Crippen molar-refractivity contribution in [3.63, 3.8) is 0 Å². The number of aryl methyl sites for hydroxylation is 1. The van der Waals surface area contributed by atoms with Crippen LogP contribution in [0.3, 0.4) is 0 Å². The van der Waals surface area contributed by atoms with E-state index < -0.39 is 0 Å². The molecule has 0 unspecified atom stereocenters. The van der Waals surface area contributed by atoms with Gasteiger partial charge in [0.05, 0.1) is 6.61 Å². The molecule has 2 nitrogen and oxygen atoms in total. The molecule has 0 aromatic heterocycles. The number of carbonyl (C=O) groups is 1. The summed E-state index contributed by atoms with van der Waals surface area (Å²) in [6.45, 7) is 2.24. The largest absolute Gasteiger partial charge is 0.493 e. The third kappa shape index (κ3) is 4.67. The van der Waals surface area contributed by atoms with Crippen LogP contribution >= 0.6 is 15.9 Å². The lowest BCUT2D eigenvalue weighted by Crippen LogP contribution is -2.04. The second-order valence-electron chi connectivity index (χ2n) is 4.79. The zero-order valence-electron chi connectivity index (χ0n) is 11.7. The Balaban J connectivity index is 1.79. The van der Waals surface area contributed by atoms with E-state index in [1.807, 2.05) is 12.1 Å². The Kier molecular flexibility index (Phi) is 5.51. The maximum Gasteiger partial charge on any atom is 0.163 e. The van der Waals surface area contributed by atoms with Gasteiger partial charge < -0.3 is 4.74 Å². The summed E-state index contributed by atoms with van der Waals surface area (Å²) in [4.78, 5) is 12.0. The summed E-state index contributed by atoms with van der Waals surface area (Å²) < 4.78 is 19.5. The van der Waals surface area contributed by atoms with Crippen molar-refractivity contribution in [2.45, 2.75) is 19.8 Å². The Morgan fingerprint density at radius 3 is 2.57 bits per heavy atom. The van der Waals surface area contributed by atoms with Crippen LogP contribution in [-0.4, -0.2) is 12.4 Å². The number of ether oxygens (including phenoxy) is 1. The Morgan fingerprint density at radius 1 is 1.19 bits per heavy atom. The van der Waals surface area contributed by atoms with E-state index in [2.05, 4.69) is 15.9 Å². The molecule has 0 saturated heterocycles. The molecule has 0 N–H and O–H groups in total. The van der Waals surface area contributed by atoms with E-state index >= 15 is 0 Å². The summed E-state index contributed by atoms with van der Waals surface area (Å²) in [6.07, 6.45) is 1.06. The van der Waals surface area contributed by atoms with E-state index in [4.69, 9.17) is 4.74 Å². The van der Waals surface area contributed by atoms with Crippen LogP contribution in [0, 0.1) is 12.7 Å². The molecule has 2 aromatic carbocycles. The molecule has 0 saturated carbocycles. The Bertz CT molecular complexity index is 623. The highest BCUT2D eigenvalue weighted by Gasteiger charge is 2.06. The lowest BCUT2D eigenvalue weighted by atomic mass is 10.1. The number of benzene rings is 2. The summed E-state index contributed by atoms with van der Waals surface area (Å²) in [5.41, 5.74) is 1.46. The molecular weight excluding hydrogens is 335 g/mol. The van der Waals surface area contributed by atoms with Gasteiger partial charge in [0.15, 0.2) is 5.78 Å². The summed E-state index contributed by atoms with van der Waals surface area (Å²) >= 11 is 3.34. The summed E-state index contributed by atoms with van der Waals surface area (Å²) in [7, 11) is 0. The molecule has 0 fully saturated rings. The molecule has 0 aliphatic heterocycles. The zero-order valence-corrected chi connectivity index (χ0v) is 13.3. The Hall–Kier alpha value is -1.68. The molecule has 0 amide bonds. The summed E-state index contributed by atoms with van der Waals surface area (Å²) in [5, 5.41) is 0. The topological polar surface area (TPSA) is 26.3 Å². The van der Waals surface area contributed by atoms with E-state index in [1.165, 1.54) is 12.1 Å². The van der Waals surface area contributed by atoms with Gasteiger partial charge in [-0.1, -0.05) is 28.1 Å². The van der Waals surface area contributed by atoms with E-state index in [9.17, 15) is 9.18 Å². The molecule has 0 aliphatic carbocycles. The molecule has 0 atom stereocenters. The molecule has 4 heteroatoms. The molecule has 2 rings (SSSR count). The normalized spacial score (nSPS) is 10.4. The number of carbonyl (C=O) groups excluding carboxylic acids is 1. The van der Waals surface area contributed by atoms with Crippen molar-refractivity contribution in [2.75, 3.05) is 6.61 Å². The van der Waals surface area contributed by atoms with E-state index in [-0.39, 0.29) is 11.6 Å². The first-order valence-electron chi connectivity index (χ1n) is 6.74. The van der Waals surface area contributed by atoms with Crippen molar-refractivity contribution in [3.8, 4) is 5.75 Å². The van der Waals surface area contributed by atoms with Crippen LogP contribution < -0.4 is 4.74 Å². The SMILES string of the molecule is Cc1cc(F)ccc1OCCCC(=O)c1ccc(Br)cc1. The van der Waals surface area contributed by atoms with Crippen LogP contribution in [0.1, 0.15) is 28.8 Å². The van der Waals surface area contributed by atoms with Gasteiger partial charge in [0.25, 0.3) is 0 Å². The van der Waals surface area contributed by atoms with Crippen molar-refractivity contribution in [2.24, 2.45) is 0 Å². The van der Waals surface area contributed by atoms with Crippen LogP contribution in [0.15, 0.2) is 46.9 Å². The van der Waals surface area contributed by atoms with Crippen molar-refractivity contribution in [1.29, 1.82) is 0 Å². The average Bonchev–Trinajstić information content (AvgIpc) is 2.46. The highest BCUT2D eigenvalue weighted by molar-refractivity contribution is 9.10. The highest BCUT2D eigenvalue weighted by atomic mass is 79.9. The first kappa shape index (κ1) is 15.7. The first-order valence-corrected chi connectivity index (χ1v) is 7.53. The number of halogens is 2. The minimum Gasteiger partial charge on any atom is -0.493 e. The highest BCUT2D eigenvalue weighted by Crippen LogP contribution is 2.19. The van der Waals surface area contributed by atoms with Gasteiger partial charge in [-0.25, -0.2) is 4.39 Å². The van der Waals surface area contributed by atoms with Crippen molar-refractivity contribution >= 4 is 21.7 Å². The fourth-order valence-corrected chi connectivity index (χ4v) is 2.23. The number of hydrogen-bond donors (Lipinski definition) is 0. The molecule has 0 aliphatic rings. The molecule has 0 radical (unpaired) electrons. The van der Waals surface area contributed by atoms with Gasteiger partial charge in [0, 0.05) is 16.5 Å². The van der Waals surface area contributed by atoms with Crippen molar-refractivity contribution < 1.29 is 13.9 Å². The van der Waals surface area contributed by atoms with Gasteiger partial charge in [-0.3, -0.25) is 4.79 Å². The Morgan fingerprint density at radius 2 is 1.90 bits per heavy atom. The number of Topliss-reactive ketones (excluding diaryl/α,β-unsaturated/α-hetero) is 1. The predicted molar refractivity (Wildman–Crippen MR) is 84.3 cm³/mol. The van der Waals surface area contributed by atoms with E-state index in [0.717, 1.165) is 10.0 Å². The first-order chi connectivity index (χ1) is 10.1. The fourth-order valence-electron chi connectivity index (χ4n) is 1.97. The van der Waals surface area contributed by atoms with Crippen LogP contribution in [0.4, 0.5) is 4.39 Å². The van der Waals surface area contributed by atoms with E-state index in [0.29, 0.717) is 30.8 Å². The third-order valence-electron chi connectivity index (χ3n) is 3.11. The molecular formula is C17H16BrFO2. The quantitative estimate of drug-likeness (QED) is 0.544. The second-order valence-corrected chi connectivity index (χ2v) is 5.71. The molecule has 0 spiro atoms. The molecule has 0 heterocycles. The lowest BCUT2D eigenvalue weighted by molar-refractivity contribution is 0.0973. The van der Waals surface area contributed by atoms with Crippen LogP contribution in [0.5, 0.6) is 5.75 Å². The molecule has 110 valence electrons. The van der Waals surface area contributed by atoms with Gasteiger partial charge in [0.1, 0.15) is 11.6 Å². The van der Waals surface area contributed by atoms with Gasteiger partial charge in [-0.15, -0.1) is 0 Å². The second kappa shape index (κ2) is 7.36. The van der Waals surface area contributed by atoms with E-state index in [1.54, 1.807) is 25.1 Å². The maximum absolute atomic E-state index is 13.0. The fraction of sp³-hybridized carbons (Fsp3) is 0.235. The van der Waals surface area contributed by atoms with Crippen LogP contribution in [0.25, 0.3) is 0 Å². The van der Waals surface area contributed by atoms with Gasteiger partial charge in [-0.05, 0) is 49.2 Å². The van der Waals surface area contributed by atoms with Crippen LogP contribution in [0.2, 0.25) is 0 Å². The molecule has 21 heavy (non-hydrogen) atoms. The maximum atomic E-state index is 13.0. The Labute approximate surface area is 132 Å². The van der Waals surface area contributed by atoms with Gasteiger partial charge in [-0.2, -0.15) is 0 Å². The molecule has 0 bridgehead atoms. The minimum atomic E-state index is -0.273. The average molecular weight is 351 g/mol. The van der Waals surface area contributed by atoms with Crippen molar-refractivity contribution in [3.05, 3.63) is 63.9 Å². The smallest absolute Gasteiger partial charge is 0.163 e. The van der Waals surface area contributed by atoms with Crippen LogP contribution in [-0.2, 0) is 0 Å². The zero-order chi connectivity index (χ0) is 15.2. The minimum absolute atomic E-state index is 0.0990.